The van der Waals surface area contributed by atoms with E-state index in [4.69, 9.17) is 4.74 Å². The second-order valence-electron chi connectivity index (χ2n) is 4.94. The molecule has 1 rings (SSSR count). The first-order valence-electron chi connectivity index (χ1n) is 6.66. The molecule has 2 N–H and O–H groups in total. The van der Waals surface area contributed by atoms with Crippen LogP contribution in [0.3, 0.4) is 0 Å². The molecular formula is C15H23NO3. The summed E-state index contributed by atoms with van der Waals surface area (Å²) in [6.07, 6.45) is 1.24. The maximum Gasteiger partial charge on any atom is 0.323 e. The summed E-state index contributed by atoms with van der Waals surface area (Å²) in [5.41, 5.74) is 0.283. The van der Waals surface area contributed by atoms with E-state index in [-0.39, 0.29) is 0 Å². The molecule has 0 aliphatic carbocycles. The third-order valence-corrected chi connectivity index (χ3v) is 3.12. The summed E-state index contributed by atoms with van der Waals surface area (Å²) < 4.78 is 5.62. The van der Waals surface area contributed by atoms with Gasteiger partial charge in [-0.2, -0.15) is 0 Å². The maximum atomic E-state index is 11.2. The van der Waals surface area contributed by atoms with Crippen LogP contribution in [0.15, 0.2) is 24.3 Å². The lowest BCUT2D eigenvalue weighted by atomic mass is 9.96. The number of likely N-dealkylation sites (N-methyl/N-ethyl adjacent to an activating group) is 1. The third-order valence-electron chi connectivity index (χ3n) is 3.12. The molecule has 0 fully saturated rings. The Morgan fingerprint density at radius 2 is 2.21 bits per heavy atom. The zero-order chi connectivity index (χ0) is 14.3. The van der Waals surface area contributed by atoms with Gasteiger partial charge in [-0.3, -0.25) is 4.79 Å². The van der Waals surface area contributed by atoms with Crippen molar-refractivity contribution in [2.45, 2.75) is 39.2 Å². The number of aliphatic carboxylic acids is 1. The summed E-state index contributed by atoms with van der Waals surface area (Å²) in [7, 11) is 0. The van der Waals surface area contributed by atoms with Crippen LogP contribution in [0.1, 0.15) is 32.3 Å². The summed E-state index contributed by atoms with van der Waals surface area (Å²) >= 11 is 0. The number of hydrogen-bond donors (Lipinski definition) is 2. The van der Waals surface area contributed by atoms with Gasteiger partial charge in [-0.25, -0.2) is 0 Å². The van der Waals surface area contributed by atoms with Crippen molar-refractivity contribution in [1.82, 2.24) is 5.32 Å². The van der Waals surface area contributed by atoms with E-state index in [9.17, 15) is 9.90 Å². The van der Waals surface area contributed by atoms with Crippen molar-refractivity contribution in [2.75, 3.05) is 13.2 Å². The van der Waals surface area contributed by atoms with Crippen molar-refractivity contribution >= 4 is 5.97 Å². The third kappa shape index (κ3) is 4.91. The van der Waals surface area contributed by atoms with Crippen LogP contribution in [0.2, 0.25) is 0 Å². The number of hydrogen-bond acceptors (Lipinski definition) is 3. The van der Waals surface area contributed by atoms with E-state index in [1.165, 1.54) is 0 Å². The number of ether oxygens (including phenoxy) is 1. The Labute approximate surface area is 114 Å². The highest BCUT2D eigenvalue weighted by Gasteiger charge is 2.31. The molecule has 0 saturated carbocycles. The topological polar surface area (TPSA) is 58.6 Å². The molecule has 19 heavy (non-hydrogen) atoms. The van der Waals surface area contributed by atoms with Crippen molar-refractivity contribution in [1.29, 1.82) is 0 Å². The van der Waals surface area contributed by atoms with Gasteiger partial charge in [0.15, 0.2) is 0 Å². The summed E-state index contributed by atoms with van der Waals surface area (Å²) in [5, 5.41) is 12.2. The van der Waals surface area contributed by atoms with E-state index in [0.717, 1.165) is 11.3 Å². The number of benzene rings is 1. The van der Waals surface area contributed by atoms with Gasteiger partial charge in [0, 0.05) is 0 Å². The molecule has 0 aliphatic rings. The molecule has 4 nitrogen and oxygen atoms in total. The van der Waals surface area contributed by atoms with Crippen molar-refractivity contribution in [2.24, 2.45) is 0 Å². The molecule has 0 amide bonds. The van der Waals surface area contributed by atoms with Gasteiger partial charge in [0.1, 0.15) is 11.3 Å². The molecule has 0 radical (unpaired) electrons. The predicted molar refractivity (Wildman–Crippen MR) is 75.6 cm³/mol. The summed E-state index contributed by atoms with van der Waals surface area (Å²) in [4.78, 5) is 11.2. The van der Waals surface area contributed by atoms with Gasteiger partial charge < -0.3 is 15.2 Å². The van der Waals surface area contributed by atoms with Crippen molar-refractivity contribution in [3.63, 3.8) is 0 Å². The fourth-order valence-corrected chi connectivity index (χ4v) is 1.98. The number of carboxylic acid groups (broad SMARTS) is 1. The highest BCUT2D eigenvalue weighted by Crippen LogP contribution is 2.15. The molecule has 1 aromatic rings. The van der Waals surface area contributed by atoms with E-state index < -0.39 is 11.5 Å². The molecule has 0 bridgehead atoms. The summed E-state index contributed by atoms with van der Waals surface area (Å²) in [5.74, 6) is 0.0189. The molecule has 106 valence electrons. The minimum absolute atomic E-state index is 0.526. The average molecular weight is 265 g/mol. The number of carboxylic acids is 1. The first-order valence-corrected chi connectivity index (χ1v) is 6.66. The van der Waals surface area contributed by atoms with Crippen LogP contribution in [0.5, 0.6) is 5.75 Å². The van der Waals surface area contributed by atoms with Crippen molar-refractivity contribution in [3.05, 3.63) is 29.8 Å². The van der Waals surface area contributed by atoms with Gasteiger partial charge in [0.25, 0.3) is 0 Å². The minimum atomic E-state index is -0.870. The maximum absolute atomic E-state index is 11.2. The Balaban J connectivity index is 2.39. The number of aryl methyl sites for hydroxylation is 1. The molecule has 4 heteroatoms. The van der Waals surface area contributed by atoms with Crippen LogP contribution >= 0.6 is 0 Å². The zero-order valence-electron chi connectivity index (χ0n) is 11.9. The van der Waals surface area contributed by atoms with Gasteiger partial charge in [-0.1, -0.05) is 19.1 Å². The lowest BCUT2D eigenvalue weighted by molar-refractivity contribution is -0.144. The van der Waals surface area contributed by atoms with E-state index in [1.54, 1.807) is 6.92 Å². The zero-order valence-corrected chi connectivity index (χ0v) is 11.9. The Kier molecular flexibility index (Phi) is 5.83. The Morgan fingerprint density at radius 3 is 2.79 bits per heavy atom. The van der Waals surface area contributed by atoms with Crippen LogP contribution in [0.4, 0.5) is 0 Å². The van der Waals surface area contributed by atoms with Gasteiger partial charge in [0.05, 0.1) is 6.61 Å². The average Bonchev–Trinajstić information content (AvgIpc) is 2.35. The minimum Gasteiger partial charge on any atom is -0.494 e. The lowest BCUT2D eigenvalue weighted by Crippen LogP contribution is -2.49. The summed E-state index contributed by atoms with van der Waals surface area (Å²) in [6, 6.07) is 7.85. The van der Waals surface area contributed by atoms with Crippen molar-refractivity contribution < 1.29 is 14.6 Å². The smallest absolute Gasteiger partial charge is 0.323 e. The van der Waals surface area contributed by atoms with Crippen LogP contribution in [-0.4, -0.2) is 29.8 Å². The molecule has 1 aromatic carbocycles. The number of nitrogens with one attached hydrogen (secondary N) is 1. The standard InChI is InChI=1S/C15H23NO3/c1-4-16-15(3,14(17)18)9-6-10-19-13-8-5-7-12(2)11-13/h5,7-8,11,16H,4,6,9-10H2,1-3H3,(H,17,18). The fourth-order valence-electron chi connectivity index (χ4n) is 1.98. The van der Waals surface area contributed by atoms with Gasteiger partial charge in [-0.05, 0) is 50.9 Å². The summed E-state index contributed by atoms with van der Waals surface area (Å²) in [6.45, 7) is 6.80. The van der Waals surface area contributed by atoms with Crippen LogP contribution in [-0.2, 0) is 4.79 Å². The molecule has 0 aliphatic heterocycles. The van der Waals surface area contributed by atoms with E-state index in [0.29, 0.717) is 26.0 Å². The Morgan fingerprint density at radius 1 is 1.47 bits per heavy atom. The highest BCUT2D eigenvalue weighted by atomic mass is 16.5. The van der Waals surface area contributed by atoms with Gasteiger partial charge >= 0.3 is 5.97 Å². The monoisotopic (exact) mass is 265 g/mol. The second kappa shape index (κ2) is 7.14. The van der Waals surface area contributed by atoms with E-state index >= 15 is 0 Å². The van der Waals surface area contributed by atoms with Crippen LogP contribution < -0.4 is 10.1 Å². The number of carbonyl (C=O) groups is 1. The van der Waals surface area contributed by atoms with E-state index in [1.807, 2.05) is 38.1 Å². The van der Waals surface area contributed by atoms with Crippen molar-refractivity contribution in [3.8, 4) is 5.75 Å². The molecule has 1 atom stereocenters. The van der Waals surface area contributed by atoms with E-state index in [2.05, 4.69) is 5.32 Å². The first-order chi connectivity index (χ1) is 8.98. The predicted octanol–water partition coefficient (Wildman–Crippen LogP) is 2.61. The fraction of sp³-hybridized carbons (Fsp3) is 0.533. The molecule has 1 unspecified atom stereocenters. The SMILES string of the molecule is CCNC(C)(CCCOc1cccc(C)c1)C(=O)O. The Bertz CT molecular complexity index is 420. The molecule has 0 heterocycles. The molecular weight excluding hydrogens is 242 g/mol. The molecule has 0 spiro atoms. The van der Waals surface area contributed by atoms with Gasteiger partial charge in [-0.15, -0.1) is 0 Å². The lowest BCUT2D eigenvalue weighted by Gasteiger charge is -2.25. The molecule has 0 saturated heterocycles. The first kappa shape index (κ1) is 15.5. The van der Waals surface area contributed by atoms with Crippen LogP contribution in [0, 0.1) is 6.92 Å². The molecule has 0 aromatic heterocycles. The normalized spacial score (nSPS) is 13.8. The van der Waals surface area contributed by atoms with Gasteiger partial charge in [0.2, 0.25) is 0 Å². The largest absolute Gasteiger partial charge is 0.494 e. The van der Waals surface area contributed by atoms with Crippen LogP contribution in [0.25, 0.3) is 0 Å². The Hall–Kier alpha value is -1.55. The highest BCUT2D eigenvalue weighted by molar-refractivity contribution is 5.78. The second-order valence-corrected chi connectivity index (χ2v) is 4.94. The quantitative estimate of drug-likeness (QED) is 0.709. The number of rotatable bonds is 8.